The maximum atomic E-state index is 14.8. The first kappa shape index (κ1) is 20.6. The van der Waals surface area contributed by atoms with Gasteiger partial charge in [-0.2, -0.15) is 0 Å². The van der Waals surface area contributed by atoms with Crippen LogP contribution in [0.2, 0.25) is 0 Å². The Balaban J connectivity index is 1.53. The van der Waals surface area contributed by atoms with Gasteiger partial charge < -0.3 is 9.47 Å². The molecule has 30 heavy (non-hydrogen) atoms. The molecule has 1 aliphatic heterocycles. The summed E-state index contributed by atoms with van der Waals surface area (Å²) in [6.07, 6.45) is 1.03. The standard InChI is InChI=1S/C25H23F3O2/c1-3-16-13-29-25(30-14-16)19-9-11-20(22(26)12-19)17-5-7-18(8-6-17)21-10-4-15(2)23(27)24(21)28/h3-12,16,23-25H,1,13-14H2,2H3. The predicted molar refractivity (Wildman–Crippen MR) is 112 cm³/mol. The van der Waals surface area contributed by atoms with Gasteiger partial charge in [-0.1, -0.05) is 54.6 Å². The van der Waals surface area contributed by atoms with E-state index in [0.29, 0.717) is 46.6 Å². The second-order valence-corrected chi connectivity index (χ2v) is 7.65. The molecule has 2 unspecified atom stereocenters. The minimum absolute atomic E-state index is 0.138. The molecule has 2 aromatic rings. The van der Waals surface area contributed by atoms with Crippen LogP contribution in [0, 0.1) is 11.7 Å². The zero-order valence-corrected chi connectivity index (χ0v) is 16.7. The van der Waals surface area contributed by atoms with Crippen LogP contribution in [0.5, 0.6) is 0 Å². The molecule has 2 aliphatic rings. The zero-order valence-electron chi connectivity index (χ0n) is 16.7. The van der Waals surface area contributed by atoms with Crippen molar-refractivity contribution in [2.75, 3.05) is 13.2 Å². The largest absolute Gasteiger partial charge is 0.348 e. The van der Waals surface area contributed by atoms with Crippen molar-refractivity contribution in [1.29, 1.82) is 0 Å². The maximum Gasteiger partial charge on any atom is 0.183 e. The quantitative estimate of drug-likeness (QED) is 0.544. The van der Waals surface area contributed by atoms with Crippen LogP contribution < -0.4 is 0 Å². The Kier molecular flexibility index (Phi) is 5.93. The summed E-state index contributed by atoms with van der Waals surface area (Å²) in [5.74, 6) is -0.264. The normalized spacial score (nSPS) is 26.7. The van der Waals surface area contributed by atoms with Crippen molar-refractivity contribution in [2.24, 2.45) is 5.92 Å². The van der Waals surface area contributed by atoms with Crippen LogP contribution in [0.15, 0.2) is 72.8 Å². The molecule has 1 heterocycles. The van der Waals surface area contributed by atoms with Crippen LogP contribution >= 0.6 is 0 Å². The van der Waals surface area contributed by atoms with Crippen LogP contribution in [-0.4, -0.2) is 25.6 Å². The zero-order chi connectivity index (χ0) is 21.3. The van der Waals surface area contributed by atoms with E-state index in [4.69, 9.17) is 9.47 Å². The Morgan fingerprint density at radius 3 is 2.23 bits per heavy atom. The number of rotatable bonds is 4. The fourth-order valence-corrected chi connectivity index (χ4v) is 3.65. The van der Waals surface area contributed by atoms with Crippen molar-refractivity contribution in [3.05, 3.63) is 89.8 Å². The van der Waals surface area contributed by atoms with Gasteiger partial charge in [0.15, 0.2) is 18.6 Å². The highest BCUT2D eigenvalue weighted by molar-refractivity contribution is 5.75. The summed E-state index contributed by atoms with van der Waals surface area (Å²) in [6, 6.07) is 11.6. The predicted octanol–water partition coefficient (Wildman–Crippen LogP) is 6.36. The van der Waals surface area contributed by atoms with Gasteiger partial charge in [0.05, 0.1) is 13.2 Å². The van der Waals surface area contributed by atoms with Crippen LogP contribution in [0.3, 0.4) is 0 Å². The van der Waals surface area contributed by atoms with Crippen molar-refractivity contribution < 1.29 is 22.6 Å². The molecule has 2 aromatic carbocycles. The number of benzene rings is 2. The van der Waals surface area contributed by atoms with E-state index in [1.165, 1.54) is 6.07 Å². The Labute approximate surface area is 174 Å². The molecule has 0 radical (unpaired) electrons. The van der Waals surface area contributed by atoms with E-state index < -0.39 is 24.5 Å². The Morgan fingerprint density at radius 2 is 1.60 bits per heavy atom. The summed E-state index contributed by atoms with van der Waals surface area (Å²) in [6.45, 7) is 6.26. The Hall–Kier alpha value is -2.63. The second-order valence-electron chi connectivity index (χ2n) is 7.65. The molecule has 2 atom stereocenters. The molecule has 1 aliphatic carbocycles. The number of halogens is 3. The van der Waals surface area contributed by atoms with Gasteiger partial charge in [0.1, 0.15) is 5.82 Å². The number of hydrogen-bond acceptors (Lipinski definition) is 2. The Morgan fingerprint density at radius 1 is 0.933 bits per heavy atom. The number of hydrogen-bond donors (Lipinski definition) is 0. The topological polar surface area (TPSA) is 18.5 Å². The van der Waals surface area contributed by atoms with Crippen LogP contribution in [-0.2, 0) is 9.47 Å². The minimum Gasteiger partial charge on any atom is -0.348 e. The van der Waals surface area contributed by atoms with E-state index in [0.717, 1.165) is 0 Å². The average molecular weight is 412 g/mol. The van der Waals surface area contributed by atoms with Crippen molar-refractivity contribution >= 4 is 5.57 Å². The number of allylic oxidation sites excluding steroid dienone is 4. The minimum atomic E-state index is -1.70. The van der Waals surface area contributed by atoms with Crippen molar-refractivity contribution in [1.82, 2.24) is 0 Å². The van der Waals surface area contributed by atoms with Gasteiger partial charge >= 0.3 is 0 Å². The molecule has 0 aromatic heterocycles. The monoisotopic (exact) mass is 412 g/mol. The Bertz CT molecular complexity index is 986. The lowest BCUT2D eigenvalue weighted by Gasteiger charge is -2.28. The molecule has 0 amide bonds. The molecular weight excluding hydrogens is 389 g/mol. The van der Waals surface area contributed by atoms with Gasteiger partial charge in [-0.05, 0) is 35.3 Å². The highest BCUT2D eigenvalue weighted by atomic mass is 19.2. The van der Waals surface area contributed by atoms with Gasteiger partial charge in [-0.15, -0.1) is 6.58 Å². The lowest BCUT2D eigenvalue weighted by molar-refractivity contribution is -0.197. The summed E-state index contributed by atoms with van der Waals surface area (Å²) in [5.41, 5.74) is 2.92. The second kappa shape index (κ2) is 8.62. The third kappa shape index (κ3) is 4.00. The fraction of sp³-hybridized carbons (Fsp3) is 0.280. The lowest BCUT2D eigenvalue weighted by atomic mass is 9.90. The molecule has 156 valence electrons. The van der Waals surface area contributed by atoms with Gasteiger partial charge in [-0.3, -0.25) is 0 Å². The van der Waals surface area contributed by atoms with Crippen LogP contribution in [0.4, 0.5) is 13.2 Å². The summed E-state index contributed by atoms with van der Waals surface area (Å²) in [4.78, 5) is 0. The molecule has 2 nitrogen and oxygen atoms in total. The highest BCUT2D eigenvalue weighted by Gasteiger charge is 2.29. The first-order valence-electron chi connectivity index (χ1n) is 9.90. The van der Waals surface area contributed by atoms with Crippen LogP contribution in [0.25, 0.3) is 16.7 Å². The molecular formula is C25H23F3O2. The van der Waals surface area contributed by atoms with E-state index in [-0.39, 0.29) is 5.92 Å². The first-order valence-corrected chi connectivity index (χ1v) is 9.90. The van der Waals surface area contributed by atoms with Gasteiger partial charge in [0.25, 0.3) is 0 Å². The molecule has 1 saturated heterocycles. The molecule has 1 fully saturated rings. The third-order valence-electron chi connectivity index (χ3n) is 5.57. The number of alkyl halides is 2. The smallest absolute Gasteiger partial charge is 0.183 e. The number of ether oxygens (including phenoxy) is 2. The van der Waals surface area contributed by atoms with Crippen LogP contribution in [0.1, 0.15) is 24.3 Å². The SMILES string of the molecule is C=CC1COC(c2ccc(-c3ccc(C4=CC=C(C)C(F)C4F)cc3)c(F)c2)OC1. The van der Waals surface area contributed by atoms with Gasteiger partial charge in [0.2, 0.25) is 0 Å². The average Bonchev–Trinajstić information content (AvgIpc) is 2.78. The first-order chi connectivity index (χ1) is 14.5. The van der Waals surface area contributed by atoms with Crippen molar-refractivity contribution in [2.45, 2.75) is 25.6 Å². The maximum absolute atomic E-state index is 14.8. The molecule has 0 N–H and O–H groups in total. The van der Waals surface area contributed by atoms with Crippen molar-refractivity contribution in [3.8, 4) is 11.1 Å². The highest BCUT2D eigenvalue weighted by Crippen LogP contribution is 2.34. The van der Waals surface area contributed by atoms with Gasteiger partial charge in [0, 0.05) is 17.0 Å². The summed E-state index contributed by atoms with van der Waals surface area (Å²) < 4.78 is 54.4. The van der Waals surface area contributed by atoms with Gasteiger partial charge in [-0.25, -0.2) is 13.2 Å². The van der Waals surface area contributed by atoms with E-state index >= 15 is 0 Å². The lowest BCUT2D eigenvalue weighted by Crippen LogP contribution is -2.25. The van der Waals surface area contributed by atoms with E-state index in [9.17, 15) is 13.2 Å². The van der Waals surface area contributed by atoms with Crippen molar-refractivity contribution in [3.63, 3.8) is 0 Å². The molecule has 0 bridgehead atoms. The summed E-state index contributed by atoms with van der Waals surface area (Å²) >= 11 is 0. The molecule has 0 saturated carbocycles. The van der Waals surface area contributed by atoms with E-state index in [1.54, 1.807) is 61.5 Å². The molecule has 5 heteroatoms. The third-order valence-corrected chi connectivity index (χ3v) is 5.57. The fourth-order valence-electron chi connectivity index (χ4n) is 3.65. The van der Waals surface area contributed by atoms with E-state index in [2.05, 4.69) is 6.58 Å². The summed E-state index contributed by atoms with van der Waals surface area (Å²) in [7, 11) is 0. The molecule has 0 spiro atoms. The summed E-state index contributed by atoms with van der Waals surface area (Å²) in [5, 5.41) is 0. The molecule has 4 rings (SSSR count). The van der Waals surface area contributed by atoms with E-state index in [1.807, 2.05) is 0 Å².